The molecule has 102 valence electrons. The maximum Gasteiger partial charge on any atom is 0.222 e. The SMILES string of the molecule is Cc1ccc([C@@H]2CC(=O)C=C(Nc3ncn[nH]3)C2)cc1. The van der Waals surface area contributed by atoms with Crippen LogP contribution in [0.25, 0.3) is 0 Å². The summed E-state index contributed by atoms with van der Waals surface area (Å²) in [6.07, 6.45) is 4.46. The number of aromatic amines is 1. The molecule has 2 N–H and O–H groups in total. The molecule has 1 aromatic carbocycles. The van der Waals surface area contributed by atoms with E-state index in [1.807, 2.05) is 0 Å². The van der Waals surface area contributed by atoms with Crippen molar-refractivity contribution >= 4 is 11.7 Å². The van der Waals surface area contributed by atoms with E-state index in [1.165, 1.54) is 17.5 Å². The van der Waals surface area contributed by atoms with E-state index in [4.69, 9.17) is 0 Å². The van der Waals surface area contributed by atoms with Crippen LogP contribution < -0.4 is 5.32 Å². The van der Waals surface area contributed by atoms with Gasteiger partial charge in [-0.2, -0.15) is 10.1 Å². The van der Waals surface area contributed by atoms with Gasteiger partial charge in [0.15, 0.2) is 5.78 Å². The maximum absolute atomic E-state index is 11.9. The molecule has 1 atom stereocenters. The van der Waals surface area contributed by atoms with Crippen molar-refractivity contribution < 1.29 is 4.79 Å². The van der Waals surface area contributed by atoms with Gasteiger partial charge in [-0.25, -0.2) is 5.10 Å². The highest BCUT2D eigenvalue weighted by molar-refractivity contribution is 5.92. The molecule has 5 nitrogen and oxygen atoms in total. The van der Waals surface area contributed by atoms with Crippen LogP contribution in [0.1, 0.15) is 29.9 Å². The highest BCUT2D eigenvalue weighted by Gasteiger charge is 2.22. The molecule has 20 heavy (non-hydrogen) atoms. The van der Waals surface area contributed by atoms with E-state index in [0.29, 0.717) is 12.4 Å². The summed E-state index contributed by atoms with van der Waals surface area (Å²) < 4.78 is 0. The highest BCUT2D eigenvalue weighted by Crippen LogP contribution is 2.31. The molecule has 0 aliphatic heterocycles. The number of carbonyl (C=O) groups excluding carboxylic acids is 1. The zero-order valence-corrected chi connectivity index (χ0v) is 11.3. The first-order chi connectivity index (χ1) is 9.70. The van der Waals surface area contributed by atoms with Crippen molar-refractivity contribution in [1.82, 2.24) is 15.2 Å². The fraction of sp³-hybridized carbons (Fsp3) is 0.267. The number of H-pyrrole nitrogens is 1. The van der Waals surface area contributed by atoms with E-state index in [2.05, 4.69) is 51.7 Å². The Morgan fingerprint density at radius 2 is 2.05 bits per heavy atom. The molecule has 1 aliphatic rings. The lowest BCUT2D eigenvalue weighted by Gasteiger charge is -2.22. The normalized spacial score (nSPS) is 18.8. The topological polar surface area (TPSA) is 70.7 Å². The predicted octanol–water partition coefficient (Wildman–Crippen LogP) is 2.56. The molecule has 1 heterocycles. The second-order valence-corrected chi connectivity index (χ2v) is 5.11. The lowest BCUT2D eigenvalue weighted by molar-refractivity contribution is -0.115. The monoisotopic (exact) mass is 268 g/mol. The predicted molar refractivity (Wildman–Crippen MR) is 76.2 cm³/mol. The summed E-state index contributed by atoms with van der Waals surface area (Å²) in [7, 11) is 0. The van der Waals surface area contributed by atoms with E-state index in [0.717, 1.165) is 12.1 Å². The van der Waals surface area contributed by atoms with Gasteiger partial charge in [-0.05, 0) is 24.8 Å². The van der Waals surface area contributed by atoms with E-state index in [1.54, 1.807) is 6.08 Å². The van der Waals surface area contributed by atoms with Crippen LogP contribution in [0, 0.1) is 6.92 Å². The molecule has 0 saturated carbocycles. The van der Waals surface area contributed by atoms with Crippen LogP contribution in [-0.2, 0) is 4.79 Å². The molecule has 1 aromatic heterocycles. The van der Waals surface area contributed by atoms with Crippen LogP contribution in [0.3, 0.4) is 0 Å². The number of aromatic nitrogens is 3. The van der Waals surface area contributed by atoms with Crippen molar-refractivity contribution in [2.24, 2.45) is 0 Å². The minimum atomic E-state index is 0.142. The molecule has 3 rings (SSSR count). The number of carbonyl (C=O) groups is 1. The number of nitrogens with one attached hydrogen (secondary N) is 2. The van der Waals surface area contributed by atoms with Crippen LogP contribution in [-0.4, -0.2) is 21.0 Å². The zero-order chi connectivity index (χ0) is 13.9. The Morgan fingerprint density at radius 1 is 1.25 bits per heavy atom. The molecule has 5 heteroatoms. The second-order valence-electron chi connectivity index (χ2n) is 5.11. The van der Waals surface area contributed by atoms with E-state index in [9.17, 15) is 4.79 Å². The summed E-state index contributed by atoms with van der Waals surface area (Å²) in [5.74, 6) is 0.927. The average Bonchev–Trinajstić information content (AvgIpc) is 2.91. The number of benzene rings is 1. The number of hydrogen-bond acceptors (Lipinski definition) is 4. The number of rotatable bonds is 3. The van der Waals surface area contributed by atoms with Gasteiger partial charge in [0.2, 0.25) is 5.95 Å². The van der Waals surface area contributed by atoms with Gasteiger partial charge in [0.1, 0.15) is 6.33 Å². The molecule has 1 aliphatic carbocycles. The smallest absolute Gasteiger partial charge is 0.222 e. The minimum absolute atomic E-state index is 0.142. The van der Waals surface area contributed by atoms with E-state index in [-0.39, 0.29) is 11.7 Å². The Balaban J connectivity index is 1.77. The van der Waals surface area contributed by atoms with Crippen molar-refractivity contribution in [1.29, 1.82) is 0 Å². The average molecular weight is 268 g/mol. The van der Waals surface area contributed by atoms with Gasteiger partial charge in [-0.1, -0.05) is 29.8 Å². The van der Waals surface area contributed by atoms with Gasteiger partial charge in [-0.3, -0.25) is 4.79 Å². The summed E-state index contributed by atoms with van der Waals surface area (Å²) in [5, 5.41) is 9.63. The summed E-state index contributed by atoms with van der Waals surface area (Å²) in [4.78, 5) is 15.9. The number of ketones is 1. The Kier molecular flexibility index (Phi) is 3.33. The largest absolute Gasteiger partial charge is 0.328 e. The lowest BCUT2D eigenvalue weighted by atomic mass is 9.85. The van der Waals surface area contributed by atoms with Crippen molar-refractivity contribution in [2.45, 2.75) is 25.7 Å². The first-order valence-corrected chi connectivity index (χ1v) is 6.63. The van der Waals surface area contributed by atoms with Crippen molar-refractivity contribution in [3.05, 3.63) is 53.5 Å². The molecule has 0 spiro atoms. The third kappa shape index (κ3) is 2.77. The molecule has 0 amide bonds. The van der Waals surface area contributed by atoms with Crippen LogP contribution in [0.4, 0.5) is 5.95 Å². The van der Waals surface area contributed by atoms with Gasteiger partial charge in [-0.15, -0.1) is 0 Å². The van der Waals surface area contributed by atoms with Crippen molar-refractivity contribution in [2.75, 3.05) is 5.32 Å². The van der Waals surface area contributed by atoms with Crippen LogP contribution in [0.2, 0.25) is 0 Å². The van der Waals surface area contributed by atoms with Gasteiger partial charge in [0.05, 0.1) is 0 Å². The number of nitrogens with zero attached hydrogens (tertiary/aromatic N) is 2. The van der Waals surface area contributed by atoms with Gasteiger partial charge in [0, 0.05) is 18.2 Å². The summed E-state index contributed by atoms with van der Waals surface area (Å²) >= 11 is 0. The second kappa shape index (κ2) is 5.28. The van der Waals surface area contributed by atoms with Crippen LogP contribution >= 0.6 is 0 Å². The summed E-state index contributed by atoms with van der Waals surface area (Å²) in [6.45, 7) is 2.06. The Hall–Kier alpha value is -2.43. The van der Waals surface area contributed by atoms with Crippen molar-refractivity contribution in [3.63, 3.8) is 0 Å². The van der Waals surface area contributed by atoms with Crippen LogP contribution in [0.5, 0.6) is 0 Å². The molecule has 0 unspecified atom stereocenters. The fourth-order valence-corrected chi connectivity index (χ4v) is 2.47. The molecule has 2 aromatic rings. The van der Waals surface area contributed by atoms with Gasteiger partial charge >= 0.3 is 0 Å². The third-order valence-electron chi connectivity index (χ3n) is 3.49. The fourth-order valence-electron chi connectivity index (χ4n) is 2.47. The van der Waals surface area contributed by atoms with Crippen molar-refractivity contribution in [3.8, 4) is 0 Å². The Labute approximate surface area is 117 Å². The molecule has 0 fully saturated rings. The number of anilines is 1. The third-order valence-corrected chi connectivity index (χ3v) is 3.49. The Morgan fingerprint density at radius 3 is 2.75 bits per heavy atom. The molecule has 0 saturated heterocycles. The zero-order valence-electron chi connectivity index (χ0n) is 11.3. The molecule has 0 radical (unpaired) electrons. The van der Waals surface area contributed by atoms with Gasteiger partial charge in [0.25, 0.3) is 0 Å². The highest BCUT2D eigenvalue weighted by atomic mass is 16.1. The lowest BCUT2D eigenvalue weighted by Crippen LogP contribution is -2.17. The first kappa shape index (κ1) is 12.6. The Bertz CT molecular complexity index is 628. The van der Waals surface area contributed by atoms with E-state index < -0.39 is 0 Å². The van der Waals surface area contributed by atoms with E-state index >= 15 is 0 Å². The minimum Gasteiger partial charge on any atom is -0.328 e. The number of allylic oxidation sites excluding steroid dienone is 2. The summed E-state index contributed by atoms with van der Waals surface area (Å²) in [5.41, 5.74) is 3.31. The van der Waals surface area contributed by atoms with Crippen LogP contribution in [0.15, 0.2) is 42.4 Å². The molecule has 0 bridgehead atoms. The first-order valence-electron chi connectivity index (χ1n) is 6.63. The standard InChI is InChI=1S/C15H16N4O/c1-10-2-4-11(5-3-10)12-6-13(8-14(20)7-12)18-15-16-9-17-19-15/h2-5,8-9,12H,6-7H2,1H3,(H2,16,17,18,19)/t12-/m0/s1. The summed E-state index contributed by atoms with van der Waals surface area (Å²) in [6, 6.07) is 8.37. The quantitative estimate of drug-likeness (QED) is 0.897. The maximum atomic E-state index is 11.9. The molecular weight excluding hydrogens is 252 g/mol. The number of hydrogen-bond donors (Lipinski definition) is 2. The molecular formula is C15H16N4O. The number of aryl methyl sites for hydroxylation is 1. The van der Waals surface area contributed by atoms with Gasteiger partial charge < -0.3 is 5.32 Å².